The van der Waals surface area contributed by atoms with Crippen molar-refractivity contribution in [1.82, 2.24) is 9.62 Å². The van der Waals surface area contributed by atoms with Crippen molar-refractivity contribution >= 4 is 10.0 Å². The summed E-state index contributed by atoms with van der Waals surface area (Å²) in [5, 5.41) is 0. The topological polar surface area (TPSA) is 58.6 Å². The quantitative estimate of drug-likeness (QED) is 0.829. The zero-order valence-corrected chi connectivity index (χ0v) is 13.7. The molecule has 0 unspecified atom stereocenters. The lowest BCUT2D eigenvalue weighted by molar-refractivity contribution is 0.0303. The molecule has 118 valence electrons. The van der Waals surface area contributed by atoms with Crippen molar-refractivity contribution in [2.75, 3.05) is 25.4 Å². The van der Waals surface area contributed by atoms with E-state index in [1.165, 1.54) is 0 Å². The van der Waals surface area contributed by atoms with Gasteiger partial charge in [0, 0.05) is 31.8 Å². The molecule has 2 saturated heterocycles. The van der Waals surface area contributed by atoms with Crippen LogP contribution in [0.1, 0.15) is 40.0 Å². The first kappa shape index (κ1) is 16.2. The fraction of sp³-hybridized carbons (Fsp3) is 1.00. The second-order valence-corrected chi connectivity index (χ2v) is 8.32. The van der Waals surface area contributed by atoms with Crippen molar-refractivity contribution in [3.8, 4) is 0 Å². The maximum absolute atomic E-state index is 12.3. The van der Waals surface area contributed by atoms with Crippen molar-refractivity contribution in [2.45, 2.75) is 58.2 Å². The molecular formula is C14H28N2O3S. The Balaban J connectivity index is 1.87. The number of nitrogens with zero attached hydrogens (tertiary/aromatic N) is 1. The first-order valence-electron chi connectivity index (χ1n) is 7.73. The molecule has 2 rings (SSSR count). The van der Waals surface area contributed by atoms with Crippen LogP contribution in [-0.2, 0) is 14.8 Å². The van der Waals surface area contributed by atoms with E-state index in [2.05, 4.69) is 30.4 Å². The lowest BCUT2D eigenvalue weighted by atomic mass is 10.1. The zero-order chi connectivity index (χ0) is 14.8. The summed E-state index contributed by atoms with van der Waals surface area (Å²) in [4.78, 5) is 2.33. The highest BCUT2D eigenvalue weighted by molar-refractivity contribution is 7.89. The molecule has 2 heterocycles. The van der Waals surface area contributed by atoms with Gasteiger partial charge in [-0.2, -0.15) is 0 Å². The second-order valence-electron chi connectivity index (χ2n) is 6.52. The minimum Gasteiger partial charge on any atom is -0.377 e. The van der Waals surface area contributed by atoms with Crippen molar-refractivity contribution in [1.29, 1.82) is 0 Å². The number of sulfonamides is 1. The fourth-order valence-corrected chi connectivity index (χ4v) is 4.66. The standard InChI is InChI=1S/C14H28N2O3S/c1-11(2)16-8-12(3)14(9-16)15-20(17,18)10-13-6-4-5-7-19-13/h11-15H,4-10H2,1-3H3/t12-,13+,14+/m1/s1. The fourth-order valence-electron chi connectivity index (χ4n) is 3.04. The van der Waals surface area contributed by atoms with E-state index in [1.807, 2.05) is 0 Å². The van der Waals surface area contributed by atoms with Crippen LogP contribution < -0.4 is 4.72 Å². The number of likely N-dealkylation sites (tertiary alicyclic amines) is 1. The summed E-state index contributed by atoms with van der Waals surface area (Å²) in [6, 6.07) is 0.500. The van der Waals surface area contributed by atoms with Gasteiger partial charge in [-0.05, 0) is 39.0 Å². The van der Waals surface area contributed by atoms with Gasteiger partial charge in [0.15, 0.2) is 0 Å². The molecule has 0 spiro atoms. The monoisotopic (exact) mass is 304 g/mol. The van der Waals surface area contributed by atoms with Crippen molar-refractivity contribution in [2.24, 2.45) is 5.92 Å². The first-order valence-corrected chi connectivity index (χ1v) is 9.38. The van der Waals surface area contributed by atoms with E-state index in [9.17, 15) is 8.42 Å². The van der Waals surface area contributed by atoms with Gasteiger partial charge in [0.2, 0.25) is 10.0 Å². The molecule has 0 aliphatic carbocycles. The Morgan fingerprint density at radius 2 is 2.05 bits per heavy atom. The Bertz CT molecular complexity index is 405. The minimum atomic E-state index is -3.25. The predicted molar refractivity (Wildman–Crippen MR) is 80.2 cm³/mol. The molecule has 0 saturated carbocycles. The largest absolute Gasteiger partial charge is 0.377 e. The Morgan fingerprint density at radius 3 is 2.60 bits per heavy atom. The van der Waals surface area contributed by atoms with Crippen LogP contribution in [0.25, 0.3) is 0 Å². The highest BCUT2D eigenvalue weighted by Gasteiger charge is 2.34. The summed E-state index contributed by atoms with van der Waals surface area (Å²) in [7, 11) is -3.25. The average molecular weight is 304 g/mol. The van der Waals surface area contributed by atoms with E-state index in [4.69, 9.17) is 4.74 Å². The Morgan fingerprint density at radius 1 is 1.30 bits per heavy atom. The molecule has 0 aromatic heterocycles. The molecular weight excluding hydrogens is 276 g/mol. The van der Waals surface area contributed by atoms with Crippen LogP contribution in [-0.4, -0.2) is 57.0 Å². The van der Waals surface area contributed by atoms with Gasteiger partial charge < -0.3 is 4.74 Å². The van der Waals surface area contributed by atoms with Gasteiger partial charge in [0.25, 0.3) is 0 Å². The molecule has 0 aromatic carbocycles. The molecule has 0 aromatic rings. The van der Waals surface area contributed by atoms with Crippen LogP contribution in [0.2, 0.25) is 0 Å². The van der Waals surface area contributed by atoms with Crippen molar-refractivity contribution in [3.63, 3.8) is 0 Å². The second kappa shape index (κ2) is 6.73. The molecule has 0 radical (unpaired) electrons. The molecule has 1 N–H and O–H groups in total. The molecule has 2 aliphatic heterocycles. The zero-order valence-electron chi connectivity index (χ0n) is 12.8. The average Bonchev–Trinajstić information content (AvgIpc) is 2.71. The summed E-state index contributed by atoms with van der Waals surface area (Å²) in [6.45, 7) is 8.89. The molecule has 0 amide bonds. The number of hydrogen-bond donors (Lipinski definition) is 1. The van der Waals surface area contributed by atoms with Gasteiger partial charge in [-0.25, -0.2) is 13.1 Å². The molecule has 3 atom stereocenters. The van der Waals surface area contributed by atoms with Crippen LogP contribution in [0.5, 0.6) is 0 Å². The van der Waals surface area contributed by atoms with Crippen molar-refractivity contribution in [3.05, 3.63) is 0 Å². The van der Waals surface area contributed by atoms with Crippen LogP contribution in [0, 0.1) is 5.92 Å². The van der Waals surface area contributed by atoms with E-state index in [0.29, 0.717) is 18.6 Å². The number of hydrogen-bond acceptors (Lipinski definition) is 4. The number of rotatable bonds is 5. The van der Waals surface area contributed by atoms with Gasteiger partial charge in [0.05, 0.1) is 11.9 Å². The van der Waals surface area contributed by atoms with Gasteiger partial charge in [-0.1, -0.05) is 6.92 Å². The molecule has 20 heavy (non-hydrogen) atoms. The van der Waals surface area contributed by atoms with E-state index < -0.39 is 10.0 Å². The highest BCUT2D eigenvalue weighted by atomic mass is 32.2. The SMILES string of the molecule is CC(C)N1C[C@@H](C)[C@@H](NS(=O)(=O)C[C@@H]2CCCCO2)C1. The maximum atomic E-state index is 12.3. The summed E-state index contributed by atoms with van der Waals surface area (Å²) < 4.78 is 33.0. The third-order valence-electron chi connectivity index (χ3n) is 4.38. The summed E-state index contributed by atoms with van der Waals surface area (Å²) in [5.41, 5.74) is 0. The lowest BCUT2D eigenvalue weighted by Gasteiger charge is -2.24. The normalized spacial score (nSPS) is 32.9. The van der Waals surface area contributed by atoms with Gasteiger partial charge >= 0.3 is 0 Å². The predicted octanol–water partition coefficient (Wildman–Crippen LogP) is 1.20. The Labute approximate surface area is 123 Å². The highest BCUT2D eigenvalue weighted by Crippen LogP contribution is 2.20. The molecule has 2 aliphatic rings. The maximum Gasteiger partial charge on any atom is 0.214 e. The summed E-state index contributed by atoms with van der Waals surface area (Å²) in [6.07, 6.45) is 2.85. The third kappa shape index (κ3) is 4.41. The van der Waals surface area contributed by atoms with Gasteiger partial charge in [0.1, 0.15) is 0 Å². The first-order chi connectivity index (χ1) is 9.37. The molecule has 5 nitrogen and oxygen atoms in total. The molecule has 2 fully saturated rings. The van der Waals surface area contributed by atoms with Crippen LogP contribution >= 0.6 is 0 Å². The van der Waals surface area contributed by atoms with E-state index in [-0.39, 0.29) is 17.9 Å². The van der Waals surface area contributed by atoms with Gasteiger partial charge in [-0.3, -0.25) is 4.90 Å². The van der Waals surface area contributed by atoms with Crippen LogP contribution in [0.4, 0.5) is 0 Å². The van der Waals surface area contributed by atoms with Gasteiger partial charge in [-0.15, -0.1) is 0 Å². The Hall–Kier alpha value is -0.170. The Kier molecular flexibility index (Phi) is 5.45. The smallest absolute Gasteiger partial charge is 0.214 e. The van der Waals surface area contributed by atoms with E-state index in [0.717, 1.165) is 32.4 Å². The van der Waals surface area contributed by atoms with Crippen LogP contribution in [0.3, 0.4) is 0 Å². The number of nitrogens with one attached hydrogen (secondary N) is 1. The third-order valence-corrected chi connectivity index (χ3v) is 5.85. The number of ether oxygens (including phenoxy) is 1. The molecule has 6 heteroatoms. The van der Waals surface area contributed by atoms with E-state index >= 15 is 0 Å². The van der Waals surface area contributed by atoms with Crippen molar-refractivity contribution < 1.29 is 13.2 Å². The summed E-state index contributed by atoms with van der Waals surface area (Å²) in [5.74, 6) is 0.470. The van der Waals surface area contributed by atoms with E-state index in [1.54, 1.807) is 0 Å². The lowest BCUT2D eigenvalue weighted by Crippen LogP contribution is -2.44. The molecule has 0 bridgehead atoms. The summed E-state index contributed by atoms with van der Waals surface area (Å²) >= 11 is 0. The minimum absolute atomic E-state index is 0.0333. The van der Waals surface area contributed by atoms with Crippen LogP contribution in [0.15, 0.2) is 0 Å².